The van der Waals surface area contributed by atoms with Gasteiger partial charge in [-0.25, -0.2) is 9.78 Å². The number of carbonyl (C=O) groups is 2. The minimum absolute atomic E-state index is 0.0201. The zero-order valence-electron chi connectivity index (χ0n) is 18.2. The summed E-state index contributed by atoms with van der Waals surface area (Å²) in [4.78, 5) is 29.8. The lowest BCUT2D eigenvalue weighted by Gasteiger charge is -2.31. The van der Waals surface area contributed by atoms with E-state index >= 15 is 0 Å². The summed E-state index contributed by atoms with van der Waals surface area (Å²) in [5.41, 5.74) is 2.03. The van der Waals surface area contributed by atoms with Crippen molar-refractivity contribution in [1.29, 1.82) is 5.41 Å². The molecule has 2 N–H and O–H groups in total. The summed E-state index contributed by atoms with van der Waals surface area (Å²) >= 11 is 12.7. The molecule has 2 heterocycles. The summed E-state index contributed by atoms with van der Waals surface area (Å²) in [5, 5.41) is 18.6. The van der Waals surface area contributed by atoms with Crippen LogP contribution in [-0.4, -0.2) is 46.4 Å². The topological polar surface area (TPSA) is 104 Å². The van der Waals surface area contributed by atoms with Crippen molar-refractivity contribution < 1.29 is 19.4 Å². The largest absolute Gasteiger partial charge is 0.477 e. The van der Waals surface area contributed by atoms with E-state index in [1.165, 1.54) is 12.3 Å². The van der Waals surface area contributed by atoms with Crippen LogP contribution in [0, 0.1) is 17.2 Å². The number of carboxylic acid groups (broad SMARTS) is 1. The fraction of sp³-hybridized carbons (Fsp3) is 0.360. The fourth-order valence-electron chi connectivity index (χ4n) is 4.83. The Labute approximate surface area is 206 Å². The number of aromatic nitrogens is 1. The van der Waals surface area contributed by atoms with Crippen molar-refractivity contribution >= 4 is 46.5 Å². The van der Waals surface area contributed by atoms with Crippen LogP contribution in [0.2, 0.25) is 10.0 Å². The van der Waals surface area contributed by atoms with Crippen molar-refractivity contribution in [2.75, 3.05) is 11.5 Å². The van der Waals surface area contributed by atoms with E-state index in [4.69, 9.17) is 38.5 Å². The second kappa shape index (κ2) is 9.13. The van der Waals surface area contributed by atoms with Gasteiger partial charge in [-0.3, -0.25) is 10.2 Å². The Morgan fingerprint density at radius 1 is 1.21 bits per heavy atom. The Morgan fingerprint density at radius 2 is 1.94 bits per heavy atom. The Bertz CT molecular complexity index is 1170. The van der Waals surface area contributed by atoms with E-state index < -0.39 is 5.97 Å². The number of hydrogen-bond donors (Lipinski definition) is 2. The fourth-order valence-corrected chi connectivity index (χ4v) is 5.41. The standard InChI is InChI=1S/C25H23Cl2N3O4/c26-18-2-1-3-19(27)22(18)23(28)14(8-13-4-5-13)12-34-21-10-16-9-17(21)24(31)30(16)15-6-7-20(25(32)33)29-11-15/h1-3,6-8,11,13,16-17,21,28H,4-5,9-10,12H2,(H,32,33)/t16-,17+,21+/m0/s1. The molecule has 176 valence electrons. The number of nitrogens with zero attached hydrogens (tertiary/aromatic N) is 2. The summed E-state index contributed by atoms with van der Waals surface area (Å²) in [7, 11) is 0. The number of aromatic carboxylic acids is 1. The molecule has 1 aromatic heterocycles. The third kappa shape index (κ3) is 4.35. The zero-order chi connectivity index (χ0) is 24.0. The molecule has 0 radical (unpaired) electrons. The van der Waals surface area contributed by atoms with Crippen molar-refractivity contribution in [2.45, 2.75) is 37.8 Å². The van der Waals surface area contributed by atoms with Gasteiger partial charge in [-0.2, -0.15) is 0 Å². The molecule has 1 amide bonds. The van der Waals surface area contributed by atoms with Crippen molar-refractivity contribution in [3.8, 4) is 0 Å². The molecule has 1 aromatic carbocycles. The summed E-state index contributed by atoms with van der Waals surface area (Å²) in [6.45, 7) is 0.215. The highest BCUT2D eigenvalue weighted by molar-refractivity contribution is 6.41. The molecule has 3 aliphatic rings. The SMILES string of the molecule is N=C(C(=CC1CC1)CO[C@@H]1C[C@@H]2C[C@H]1C(=O)N2c1ccc(C(=O)O)nc1)c1c(Cl)cccc1Cl. The van der Waals surface area contributed by atoms with Crippen LogP contribution in [0.3, 0.4) is 0 Å². The lowest BCUT2D eigenvalue weighted by atomic mass is 10.0. The number of piperidine rings is 1. The Kier molecular flexibility index (Phi) is 6.18. The number of fused-ring (bicyclic) bond motifs is 2. The van der Waals surface area contributed by atoms with Crippen LogP contribution >= 0.6 is 23.2 Å². The molecule has 5 rings (SSSR count). The van der Waals surface area contributed by atoms with Gasteiger partial charge in [-0.1, -0.05) is 35.3 Å². The molecule has 1 saturated heterocycles. The van der Waals surface area contributed by atoms with Crippen LogP contribution in [0.5, 0.6) is 0 Å². The molecule has 7 nitrogen and oxygen atoms in total. The lowest BCUT2D eigenvalue weighted by molar-refractivity contribution is -0.125. The average Bonchev–Trinajstić information content (AvgIpc) is 3.45. The predicted molar refractivity (Wildman–Crippen MR) is 129 cm³/mol. The monoisotopic (exact) mass is 499 g/mol. The van der Waals surface area contributed by atoms with E-state index in [1.807, 2.05) is 0 Å². The maximum atomic E-state index is 13.1. The first-order chi connectivity index (χ1) is 16.3. The molecule has 34 heavy (non-hydrogen) atoms. The molecule has 2 aliphatic carbocycles. The summed E-state index contributed by atoms with van der Waals surface area (Å²) in [6, 6.07) is 8.19. The normalized spacial score (nSPS) is 24.1. The molecule has 2 bridgehead atoms. The summed E-state index contributed by atoms with van der Waals surface area (Å²) in [5.74, 6) is -0.987. The highest BCUT2D eigenvalue weighted by Gasteiger charge is 2.52. The maximum absolute atomic E-state index is 13.1. The van der Waals surface area contributed by atoms with E-state index in [9.17, 15) is 9.59 Å². The van der Waals surface area contributed by atoms with Gasteiger partial charge in [0.25, 0.3) is 0 Å². The van der Waals surface area contributed by atoms with Gasteiger partial charge in [0.1, 0.15) is 5.69 Å². The van der Waals surface area contributed by atoms with E-state index in [1.54, 1.807) is 29.2 Å². The quantitative estimate of drug-likeness (QED) is 0.497. The van der Waals surface area contributed by atoms with Gasteiger partial charge in [0.2, 0.25) is 5.91 Å². The smallest absolute Gasteiger partial charge is 0.354 e. The van der Waals surface area contributed by atoms with Crippen molar-refractivity contribution in [1.82, 2.24) is 4.98 Å². The lowest BCUT2D eigenvalue weighted by Crippen LogP contribution is -2.43. The predicted octanol–water partition coefficient (Wildman–Crippen LogP) is 5.00. The highest BCUT2D eigenvalue weighted by atomic mass is 35.5. The minimum atomic E-state index is -1.10. The molecule has 3 fully saturated rings. The van der Waals surface area contributed by atoms with Gasteiger partial charge in [-0.05, 0) is 61.4 Å². The first kappa shape index (κ1) is 23.0. The minimum Gasteiger partial charge on any atom is -0.477 e. The van der Waals surface area contributed by atoms with E-state index in [0.29, 0.717) is 40.1 Å². The maximum Gasteiger partial charge on any atom is 0.354 e. The third-order valence-corrected chi connectivity index (χ3v) is 7.32. The number of allylic oxidation sites excluding steroid dienone is 1. The van der Waals surface area contributed by atoms with E-state index in [2.05, 4.69) is 11.1 Å². The number of carboxylic acids is 1. The van der Waals surface area contributed by atoms with Gasteiger partial charge < -0.3 is 14.7 Å². The number of carbonyl (C=O) groups excluding carboxylic acids is 1. The van der Waals surface area contributed by atoms with Crippen LogP contribution in [0.1, 0.15) is 41.7 Å². The zero-order valence-corrected chi connectivity index (χ0v) is 19.7. The summed E-state index contributed by atoms with van der Waals surface area (Å²) < 4.78 is 6.22. The van der Waals surface area contributed by atoms with Crippen LogP contribution in [0.4, 0.5) is 5.69 Å². The highest BCUT2D eigenvalue weighted by Crippen LogP contribution is 2.43. The van der Waals surface area contributed by atoms with E-state index in [-0.39, 0.29) is 42.0 Å². The average molecular weight is 500 g/mol. The van der Waals surface area contributed by atoms with E-state index in [0.717, 1.165) is 18.4 Å². The molecule has 1 aliphatic heterocycles. The van der Waals surface area contributed by atoms with Crippen LogP contribution in [0.15, 0.2) is 48.2 Å². The first-order valence-corrected chi connectivity index (χ1v) is 12.0. The van der Waals surface area contributed by atoms with Gasteiger partial charge in [0.15, 0.2) is 0 Å². The number of anilines is 1. The summed E-state index contributed by atoms with van der Waals surface area (Å²) in [6.07, 6.45) is 6.79. The molecule has 3 atom stereocenters. The first-order valence-electron chi connectivity index (χ1n) is 11.2. The second-order valence-corrected chi connectivity index (χ2v) is 9.81. The molecular formula is C25H23Cl2N3O4. The molecule has 9 heteroatoms. The van der Waals surface area contributed by atoms with Crippen molar-refractivity contribution in [3.63, 3.8) is 0 Å². The number of halogens is 2. The van der Waals surface area contributed by atoms with Gasteiger partial charge in [0.05, 0.1) is 46.3 Å². The van der Waals surface area contributed by atoms with Crippen LogP contribution in [-0.2, 0) is 9.53 Å². The molecule has 0 unspecified atom stereocenters. The number of benzene rings is 1. The van der Waals surface area contributed by atoms with Crippen LogP contribution in [0.25, 0.3) is 0 Å². The van der Waals surface area contributed by atoms with Crippen molar-refractivity contribution in [3.05, 3.63) is 69.5 Å². The number of hydrogen-bond acceptors (Lipinski definition) is 5. The Hall–Kier alpha value is -2.74. The van der Waals surface area contributed by atoms with Crippen LogP contribution < -0.4 is 4.90 Å². The van der Waals surface area contributed by atoms with Gasteiger partial charge in [0, 0.05) is 11.6 Å². The van der Waals surface area contributed by atoms with Crippen molar-refractivity contribution in [2.24, 2.45) is 11.8 Å². The number of nitrogens with one attached hydrogen (secondary N) is 1. The van der Waals surface area contributed by atoms with Gasteiger partial charge >= 0.3 is 5.97 Å². The molecule has 2 saturated carbocycles. The number of rotatable bonds is 8. The molecule has 0 spiro atoms. The Balaban J connectivity index is 1.28. The number of amides is 1. The molecule has 2 aromatic rings. The number of ether oxygens (including phenoxy) is 1. The third-order valence-electron chi connectivity index (χ3n) is 6.69. The molecular weight excluding hydrogens is 477 g/mol. The second-order valence-electron chi connectivity index (χ2n) is 9.00. The van der Waals surface area contributed by atoms with Gasteiger partial charge in [-0.15, -0.1) is 0 Å². The number of pyridine rings is 1. The Morgan fingerprint density at radius 3 is 2.53 bits per heavy atom.